The van der Waals surface area contributed by atoms with E-state index in [1.807, 2.05) is 12.1 Å². The molecule has 2 N–H and O–H groups in total. The molecule has 1 heterocycles. The summed E-state index contributed by atoms with van der Waals surface area (Å²) in [6, 6.07) is 5.86. The molecule has 1 aromatic rings. The summed E-state index contributed by atoms with van der Waals surface area (Å²) in [7, 11) is 0. The number of nitrogens with one attached hydrogen (secondary N) is 1. The summed E-state index contributed by atoms with van der Waals surface area (Å²) in [5.41, 5.74) is 1.89. The standard InChI is InChI=1S/C14H19ClN2O2/c1-10(19)16-13-4-6-17(7-5-13)14-3-2-12(15)8-11(14)9-18/h2-3,8,13,18H,4-7,9H2,1H3,(H,16,19). The zero-order valence-corrected chi connectivity index (χ0v) is 11.8. The second kappa shape index (κ2) is 6.26. The van der Waals surface area contributed by atoms with Gasteiger partial charge in [0.2, 0.25) is 5.91 Å². The summed E-state index contributed by atoms with van der Waals surface area (Å²) in [5.74, 6) is 0.0287. The molecule has 0 aromatic heterocycles. The summed E-state index contributed by atoms with van der Waals surface area (Å²) >= 11 is 5.94. The Labute approximate surface area is 118 Å². The molecule has 1 saturated heterocycles. The van der Waals surface area contributed by atoms with Crippen LogP contribution in [0.25, 0.3) is 0 Å². The highest BCUT2D eigenvalue weighted by atomic mass is 35.5. The smallest absolute Gasteiger partial charge is 0.217 e. The highest BCUT2D eigenvalue weighted by Crippen LogP contribution is 2.27. The van der Waals surface area contributed by atoms with E-state index in [1.54, 1.807) is 13.0 Å². The second-order valence-electron chi connectivity index (χ2n) is 4.89. The maximum atomic E-state index is 11.0. The molecule has 1 aliphatic rings. The van der Waals surface area contributed by atoms with Crippen molar-refractivity contribution in [3.8, 4) is 0 Å². The number of carbonyl (C=O) groups excluding carboxylic acids is 1. The first-order valence-electron chi connectivity index (χ1n) is 6.51. The van der Waals surface area contributed by atoms with Crippen LogP contribution in [-0.4, -0.2) is 30.1 Å². The van der Waals surface area contributed by atoms with Crippen LogP contribution in [0, 0.1) is 0 Å². The molecule has 1 aliphatic heterocycles. The summed E-state index contributed by atoms with van der Waals surface area (Å²) in [6.45, 7) is 3.29. The number of aliphatic hydroxyl groups is 1. The van der Waals surface area contributed by atoms with Crippen LogP contribution >= 0.6 is 11.6 Å². The Morgan fingerprint density at radius 2 is 2.16 bits per heavy atom. The van der Waals surface area contributed by atoms with Gasteiger partial charge < -0.3 is 15.3 Å². The van der Waals surface area contributed by atoms with E-state index in [2.05, 4.69) is 10.2 Å². The summed E-state index contributed by atoms with van der Waals surface area (Å²) in [5, 5.41) is 13.0. The molecule has 1 amide bonds. The van der Waals surface area contributed by atoms with Crippen molar-refractivity contribution in [2.24, 2.45) is 0 Å². The van der Waals surface area contributed by atoms with Crippen molar-refractivity contribution in [3.63, 3.8) is 0 Å². The lowest BCUT2D eigenvalue weighted by Gasteiger charge is -2.34. The van der Waals surface area contributed by atoms with E-state index in [9.17, 15) is 9.90 Å². The zero-order chi connectivity index (χ0) is 13.8. The van der Waals surface area contributed by atoms with E-state index < -0.39 is 0 Å². The molecule has 0 atom stereocenters. The Morgan fingerprint density at radius 3 is 2.74 bits per heavy atom. The van der Waals surface area contributed by atoms with Gasteiger partial charge in [0.25, 0.3) is 0 Å². The van der Waals surface area contributed by atoms with Crippen molar-refractivity contribution in [2.75, 3.05) is 18.0 Å². The molecular weight excluding hydrogens is 264 g/mol. The first-order chi connectivity index (χ1) is 9.10. The van der Waals surface area contributed by atoms with E-state index in [0.29, 0.717) is 5.02 Å². The van der Waals surface area contributed by atoms with Gasteiger partial charge in [-0.1, -0.05) is 11.6 Å². The quantitative estimate of drug-likeness (QED) is 0.891. The minimum Gasteiger partial charge on any atom is -0.392 e. The average Bonchev–Trinajstić information content (AvgIpc) is 2.39. The Balaban J connectivity index is 2.03. The number of anilines is 1. The Morgan fingerprint density at radius 1 is 1.47 bits per heavy atom. The van der Waals surface area contributed by atoms with Crippen LogP contribution in [0.2, 0.25) is 5.02 Å². The molecule has 0 aliphatic carbocycles. The number of hydrogen-bond donors (Lipinski definition) is 2. The highest BCUT2D eigenvalue weighted by molar-refractivity contribution is 6.30. The fourth-order valence-corrected chi connectivity index (χ4v) is 2.74. The second-order valence-corrected chi connectivity index (χ2v) is 5.33. The number of amides is 1. The van der Waals surface area contributed by atoms with Crippen LogP contribution in [0.5, 0.6) is 0 Å². The van der Waals surface area contributed by atoms with Crippen molar-refractivity contribution in [1.82, 2.24) is 5.32 Å². The molecule has 2 rings (SSSR count). The van der Waals surface area contributed by atoms with Crippen LogP contribution in [0.15, 0.2) is 18.2 Å². The first kappa shape index (κ1) is 14.2. The minimum absolute atomic E-state index is 0.0124. The Kier molecular flexibility index (Phi) is 4.66. The van der Waals surface area contributed by atoms with E-state index >= 15 is 0 Å². The SMILES string of the molecule is CC(=O)NC1CCN(c2ccc(Cl)cc2CO)CC1. The van der Waals surface area contributed by atoms with Gasteiger partial charge in [-0.15, -0.1) is 0 Å². The van der Waals surface area contributed by atoms with Crippen molar-refractivity contribution in [2.45, 2.75) is 32.4 Å². The molecule has 104 valence electrons. The molecule has 0 radical (unpaired) electrons. The van der Waals surface area contributed by atoms with Gasteiger partial charge in [-0.05, 0) is 31.0 Å². The number of aliphatic hydroxyl groups excluding tert-OH is 1. The Hall–Kier alpha value is -1.26. The third-order valence-electron chi connectivity index (χ3n) is 3.45. The number of benzene rings is 1. The van der Waals surface area contributed by atoms with Crippen molar-refractivity contribution < 1.29 is 9.90 Å². The van der Waals surface area contributed by atoms with Crippen LogP contribution in [-0.2, 0) is 11.4 Å². The van der Waals surface area contributed by atoms with Gasteiger partial charge in [0.1, 0.15) is 0 Å². The number of halogens is 1. The molecule has 19 heavy (non-hydrogen) atoms. The normalized spacial score (nSPS) is 16.5. The van der Waals surface area contributed by atoms with Crippen LogP contribution in [0.4, 0.5) is 5.69 Å². The topological polar surface area (TPSA) is 52.6 Å². The van der Waals surface area contributed by atoms with Crippen LogP contribution in [0.3, 0.4) is 0 Å². The summed E-state index contributed by atoms with van der Waals surface area (Å²) in [4.78, 5) is 13.3. The van der Waals surface area contributed by atoms with Gasteiger partial charge in [-0.3, -0.25) is 4.79 Å². The van der Waals surface area contributed by atoms with Crippen LogP contribution < -0.4 is 10.2 Å². The lowest BCUT2D eigenvalue weighted by molar-refractivity contribution is -0.119. The van der Waals surface area contributed by atoms with Gasteiger partial charge in [0.05, 0.1) is 6.61 Å². The molecule has 0 saturated carbocycles. The van der Waals surface area contributed by atoms with E-state index in [1.165, 1.54) is 0 Å². The highest BCUT2D eigenvalue weighted by Gasteiger charge is 2.21. The van der Waals surface area contributed by atoms with Gasteiger partial charge in [0, 0.05) is 42.3 Å². The molecule has 0 bridgehead atoms. The van der Waals surface area contributed by atoms with E-state index in [4.69, 9.17) is 11.6 Å². The third kappa shape index (κ3) is 3.61. The average molecular weight is 283 g/mol. The van der Waals surface area contributed by atoms with Gasteiger partial charge in [0.15, 0.2) is 0 Å². The molecule has 5 heteroatoms. The fraction of sp³-hybridized carbons (Fsp3) is 0.500. The summed E-state index contributed by atoms with van der Waals surface area (Å²) < 4.78 is 0. The van der Waals surface area contributed by atoms with Crippen LogP contribution in [0.1, 0.15) is 25.3 Å². The van der Waals surface area contributed by atoms with Gasteiger partial charge in [-0.2, -0.15) is 0 Å². The number of rotatable bonds is 3. The number of carbonyl (C=O) groups is 1. The first-order valence-corrected chi connectivity index (χ1v) is 6.89. The maximum absolute atomic E-state index is 11.0. The molecular formula is C14H19ClN2O2. The number of hydrogen-bond acceptors (Lipinski definition) is 3. The van der Waals surface area contributed by atoms with Gasteiger partial charge in [-0.25, -0.2) is 0 Å². The maximum Gasteiger partial charge on any atom is 0.217 e. The molecule has 1 aromatic carbocycles. The van der Waals surface area contributed by atoms with Crippen molar-refractivity contribution in [3.05, 3.63) is 28.8 Å². The molecule has 0 unspecified atom stereocenters. The summed E-state index contributed by atoms with van der Waals surface area (Å²) in [6.07, 6.45) is 1.85. The van der Waals surface area contributed by atoms with Gasteiger partial charge >= 0.3 is 0 Å². The predicted octanol–water partition coefficient (Wildman–Crippen LogP) is 1.94. The molecule has 0 spiro atoms. The zero-order valence-electron chi connectivity index (χ0n) is 11.0. The largest absolute Gasteiger partial charge is 0.392 e. The fourth-order valence-electron chi connectivity index (χ4n) is 2.54. The third-order valence-corrected chi connectivity index (χ3v) is 3.69. The minimum atomic E-state index is -0.0124. The van der Waals surface area contributed by atoms with E-state index in [-0.39, 0.29) is 18.6 Å². The van der Waals surface area contributed by atoms with Crippen molar-refractivity contribution in [1.29, 1.82) is 0 Å². The predicted molar refractivity (Wildman–Crippen MR) is 76.4 cm³/mol. The number of piperidine rings is 1. The van der Waals surface area contributed by atoms with E-state index in [0.717, 1.165) is 37.2 Å². The molecule has 4 nitrogen and oxygen atoms in total. The van der Waals surface area contributed by atoms with Crippen molar-refractivity contribution >= 4 is 23.2 Å². The Bertz CT molecular complexity index is 457. The monoisotopic (exact) mass is 282 g/mol. The lowest BCUT2D eigenvalue weighted by Crippen LogP contribution is -2.44. The molecule has 1 fully saturated rings. The number of nitrogens with zero attached hydrogens (tertiary/aromatic N) is 1. The lowest BCUT2D eigenvalue weighted by atomic mass is 10.0.